The Labute approximate surface area is 213 Å². The minimum absolute atomic E-state index is 0.144. The van der Waals surface area contributed by atoms with Crippen LogP contribution in [0.3, 0.4) is 0 Å². The number of halogens is 1. The molecule has 0 fully saturated rings. The number of carbonyl (C=O) groups is 1. The molecule has 0 saturated heterocycles. The zero-order valence-electron chi connectivity index (χ0n) is 19.5. The molecule has 35 heavy (non-hydrogen) atoms. The van der Waals surface area contributed by atoms with Crippen molar-refractivity contribution in [2.75, 3.05) is 12.4 Å². The molecule has 2 aromatic heterocycles. The number of hydrogen-bond donors (Lipinski definition) is 1. The van der Waals surface area contributed by atoms with Crippen LogP contribution in [0.1, 0.15) is 46.1 Å². The Hall–Kier alpha value is -3.22. The van der Waals surface area contributed by atoms with Crippen LogP contribution in [0.25, 0.3) is 5.00 Å². The standard InChI is InChI=1S/C28H26ClN3O2S/c1-34-21-7-4-6-20(16-21)30-28(33)32-17-23-22-8-2-3-10-25(22)35-27(23)31-15-5-9-24(31)26(32)18-11-13-19(29)14-12-18/h4-7,9,11-16,26H,2-3,8,10,17H2,1H3,(H,30,33)/t26-/m1/s1. The molecule has 0 unspecified atom stereocenters. The van der Waals surface area contributed by atoms with E-state index in [-0.39, 0.29) is 12.1 Å². The van der Waals surface area contributed by atoms with E-state index in [9.17, 15) is 4.79 Å². The van der Waals surface area contributed by atoms with Gasteiger partial charge >= 0.3 is 6.03 Å². The number of hydrogen-bond acceptors (Lipinski definition) is 3. The van der Waals surface area contributed by atoms with E-state index in [2.05, 4.69) is 28.2 Å². The maximum atomic E-state index is 13.9. The molecule has 6 rings (SSSR count). The molecule has 0 spiro atoms. The monoisotopic (exact) mass is 503 g/mol. The van der Waals surface area contributed by atoms with Crippen LogP contribution >= 0.6 is 22.9 Å². The van der Waals surface area contributed by atoms with Gasteiger partial charge < -0.3 is 19.5 Å². The molecule has 1 atom stereocenters. The Bertz CT molecular complexity index is 1390. The molecule has 1 aliphatic heterocycles. The second-order valence-corrected chi connectivity index (χ2v) is 10.6. The van der Waals surface area contributed by atoms with Crippen molar-refractivity contribution in [3.8, 4) is 10.8 Å². The van der Waals surface area contributed by atoms with Crippen LogP contribution in [0.2, 0.25) is 5.02 Å². The summed E-state index contributed by atoms with van der Waals surface area (Å²) >= 11 is 8.11. The fraction of sp³-hybridized carbons (Fsp3) is 0.250. The number of fused-ring (bicyclic) bond motifs is 5. The van der Waals surface area contributed by atoms with E-state index in [0.29, 0.717) is 23.0 Å². The van der Waals surface area contributed by atoms with Crippen LogP contribution in [0.15, 0.2) is 66.9 Å². The number of carbonyl (C=O) groups excluding carboxylic acids is 1. The lowest BCUT2D eigenvalue weighted by atomic mass is 9.95. The third-order valence-electron chi connectivity index (χ3n) is 6.95. The maximum Gasteiger partial charge on any atom is 0.322 e. The van der Waals surface area contributed by atoms with Gasteiger partial charge in [0.2, 0.25) is 0 Å². The number of rotatable bonds is 3. The maximum absolute atomic E-state index is 13.9. The average Bonchev–Trinajstić information content (AvgIpc) is 3.47. The number of nitrogens with one attached hydrogen (secondary N) is 1. The number of benzene rings is 2. The molecule has 0 saturated carbocycles. The fourth-order valence-electron chi connectivity index (χ4n) is 5.28. The van der Waals surface area contributed by atoms with Crippen molar-refractivity contribution in [2.24, 2.45) is 0 Å². The van der Waals surface area contributed by atoms with Crippen molar-refractivity contribution in [3.05, 3.63) is 99.1 Å². The molecule has 5 nitrogen and oxygen atoms in total. The summed E-state index contributed by atoms with van der Waals surface area (Å²) in [6.45, 7) is 0.548. The van der Waals surface area contributed by atoms with E-state index < -0.39 is 0 Å². The lowest BCUT2D eigenvalue weighted by Gasteiger charge is -2.31. The first-order valence-corrected chi connectivity index (χ1v) is 13.1. The quantitative estimate of drug-likeness (QED) is 0.321. The van der Waals surface area contributed by atoms with Gasteiger partial charge in [0.25, 0.3) is 0 Å². The number of nitrogens with zero attached hydrogens (tertiary/aromatic N) is 2. The van der Waals surface area contributed by atoms with Gasteiger partial charge in [0.1, 0.15) is 10.8 Å². The molecule has 2 amide bonds. The van der Waals surface area contributed by atoms with Gasteiger partial charge in [0, 0.05) is 33.4 Å². The number of anilines is 1. The van der Waals surface area contributed by atoms with Gasteiger partial charge in [-0.05, 0) is 73.2 Å². The number of thiophene rings is 1. The third kappa shape index (κ3) is 4.01. The molecular weight excluding hydrogens is 478 g/mol. The average molecular weight is 504 g/mol. The zero-order chi connectivity index (χ0) is 23.9. The van der Waals surface area contributed by atoms with Crippen LogP contribution in [0.4, 0.5) is 10.5 Å². The molecule has 4 aromatic rings. The van der Waals surface area contributed by atoms with Gasteiger partial charge in [-0.3, -0.25) is 0 Å². The van der Waals surface area contributed by atoms with Crippen molar-refractivity contribution in [2.45, 2.75) is 38.3 Å². The van der Waals surface area contributed by atoms with Crippen LogP contribution in [-0.4, -0.2) is 22.6 Å². The lowest BCUT2D eigenvalue weighted by Crippen LogP contribution is -2.38. The Morgan fingerprint density at radius 3 is 2.71 bits per heavy atom. The number of aromatic nitrogens is 1. The Morgan fingerprint density at radius 2 is 1.89 bits per heavy atom. The molecule has 1 N–H and O–H groups in total. The SMILES string of the molecule is COc1cccc(NC(=O)N2Cc3c(sc4c3CCCC4)-n3cccc3[C@H]2c2ccc(Cl)cc2)c1. The van der Waals surface area contributed by atoms with Crippen molar-refractivity contribution < 1.29 is 9.53 Å². The van der Waals surface area contributed by atoms with Crippen LogP contribution < -0.4 is 10.1 Å². The summed E-state index contributed by atoms with van der Waals surface area (Å²) in [4.78, 5) is 17.4. The molecule has 0 bridgehead atoms. The molecule has 178 valence electrons. The highest BCUT2D eigenvalue weighted by Crippen LogP contribution is 2.44. The van der Waals surface area contributed by atoms with Crippen LogP contribution in [0.5, 0.6) is 5.75 Å². The third-order valence-corrected chi connectivity index (χ3v) is 8.53. The summed E-state index contributed by atoms with van der Waals surface area (Å²) in [6, 6.07) is 19.1. The van der Waals surface area contributed by atoms with Crippen LogP contribution in [0, 0.1) is 0 Å². The molecular formula is C28H26ClN3O2S. The molecule has 1 aliphatic carbocycles. The number of amides is 2. The van der Waals surface area contributed by atoms with E-state index in [4.69, 9.17) is 16.3 Å². The highest BCUT2D eigenvalue weighted by atomic mass is 35.5. The summed E-state index contributed by atoms with van der Waals surface area (Å²) < 4.78 is 7.65. The number of methoxy groups -OCH3 is 1. The van der Waals surface area contributed by atoms with E-state index in [1.54, 1.807) is 7.11 Å². The normalized spacial score (nSPS) is 16.6. The predicted molar refractivity (Wildman–Crippen MR) is 141 cm³/mol. The number of ether oxygens (including phenoxy) is 1. The molecule has 0 radical (unpaired) electrons. The largest absolute Gasteiger partial charge is 0.497 e. The Kier molecular flexibility index (Phi) is 5.78. The smallest absolute Gasteiger partial charge is 0.322 e. The Balaban J connectivity index is 1.48. The Morgan fingerprint density at radius 1 is 1.06 bits per heavy atom. The van der Waals surface area contributed by atoms with E-state index >= 15 is 0 Å². The van der Waals surface area contributed by atoms with Gasteiger partial charge in [-0.25, -0.2) is 4.79 Å². The second-order valence-electron chi connectivity index (χ2n) is 9.04. The minimum Gasteiger partial charge on any atom is -0.497 e. The van der Waals surface area contributed by atoms with Gasteiger partial charge in [-0.2, -0.15) is 0 Å². The van der Waals surface area contributed by atoms with Gasteiger partial charge in [-0.1, -0.05) is 29.8 Å². The topological polar surface area (TPSA) is 46.5 Å². The first kappa shape index (κ1) is 22.3. The van der Waals surface area contributed by atoms with E-state index in [0.717, 1.165) is 24.1 Å². The molecule has 7 heteroatoms. The lowest BCUT2D eigenvalue weighted by molar-refractivity contribution is 0.194. The predicted octanol–water partition coefficient (Wildman–Crippen LogP) is 7.22. The number of urea groups is 1. The van der Waals surface area contributed by atoms with Crippen molar-refractivity contribution in [3.63, 3.8) is 0 Å². The fourth-order valence-corrected chi connectivity index (χ4v) is 6.81. The summed E-state index contributed by atoms with van der Waals surface area (Å²) in [5.41, 5.74) is 5.52. The van der Waals surface area contributed by atoms with E-state index in [1.165, 1.54) is 33.8 Å². The summed E-state index contributed by atoms with van der Waals surface area (Å²) in [6.07, 6.45) is 6.77. The van der Waals surface area contributed by atoms with Crippen molar-refractivity contribution >= 4 is 34.7 Å². The zero-order valence-corrected chi connectivity index (χ0v) is 21.0. The highest BCUT2D eigenvalue weighted by molar-refractivity contribution is 7.15. The summed E-state index contributed by atoms with van der Waals surface area (Å²) in [5, 5.41) is 5.05. The molecule has 3 heterocycles. The second kappa shape index (κ2) is 9.10. The van der Waals surface area contributed by atoms with Crippen LogP contribution in [-0.2, 0) is 19.4 Å². The first-order chi connectivity index (χ1) is 17.1. The van der Waals surface area contributed by atoms with E-state index in [1.807, 2.05) is 64.8 Å². The van der Waals surface area contributed by atoms with Crippen molar-refractivity contribution in [1.82, 2.24) is 9.47 Å². The van der Waals surface area contributed by atoms with Crippen molar-refractivity contribution in [1.29, 1.82) is 0 Å². The first-order valence-electron chi connectivity index (χ1n) is 11.9. The van der Waals surface area contributed by atoms with Gasteiger partial charge in [0.15, 0.2) is 0 Å². The highest BCUT2D eigenvalue weighted by Gasteiger charge is 2.36. The summed E-state index contributed by atoms with van der Waals surface area (Å²) in [7, 11) is 1.63. The number of aryl methyl sites for hydroxylation is 1. The minimum atomic E-state index is -0.258. The van der Waals surface area contributed by atoms with Gasteiger partial charge in [-0.15, -0.1) is 11.3 Å². The molecule has 2 aromatic carbocycles. The summed E-state index contributed by atoms with van der Waals surface area (Å²) in [5.74, 6) is 0.705. The molecule has 2 aliphatic rings. The van der Waals surface area contributed by atoms with Gasteiger partial charge in [0.05, 0.1) is 25.4 Å².